The summed E-state index contributed by atoms with van der Waals surface area (Å²) in [5.74, 6) is -4.91. The Hall–Kier alpha value is -6.64. The number of rotatable bonds is 8. The van der Waals surface area contributed by atoms with E-state index < -0.39 is 131 Å². The van der Waals surface area contributed by atoms with Crippen molar-refractivity contribution < 1.29 is 95.9 Å². The number of ether oxygens (including phenoxy) is 10. The van der Waals surface area contributed by atoms with Crippen molar-refractivity contribution >= 4 is 47.1 Å². The van der Waals surface area contributed by atoms with E-state index in [1.54, 1.807) is 39.8 Å². The zero-order valence-electron chi connectivity index (χ0n) is 48.9. The summed E-state index contributed by atoms with van der Waals surface area (Å²) in [6.07, 6.45) is 2.15. The quantitative estimate of drug-likeness (QED) is 0.150. The van der Waals surface area contributed by atoms with Crippen molar-refractivity contribution in [3.63, 3.8) is 0 Å². The number of nitrogens with two attached hydrogens (primary N) is 2. The number of fused-ring (bicyclic) bond motifs is 6. The van der Waals surface area contributed by atoms with Gasteiger partial charge in [0.05, 0.1) is 62.2 Å². The molecule has 4 aliphatic heterocycles. The predicted octanol–water partition coefficient (Wildman–Crippen LogP) is 3.24. The van der Waals surface area contributed by atoms with Gasteiger partial charge in [-0.15, -0.1) is 0 Å². The summed E-state index contributed by atoms with van der Waals surface area (Å²) < 4.78 is 55.9. The second kappa shape index (κ2) is 28.1. The maximum atomic E-state index is 13.4. The van der Waals surface area contributed by atoms with Gasteiger partial charge in [-0.05, 0) is 65.2 Å². The first kappa shape index (κ1) is 66.2. The topological polar surface area (TPSA) is 352 Å². The van der Waals surface area contributed by atoms with E-state index in [0.29, 0.717) is 12.8 Å². The lowest BCUT2D eigenvalue weighted by Crippen LogP contribution is -2.47. The van der Waals surface area contributed by atoms with Gasteiger partial charge in [-0.3, -0.25) is 28.8 Å². The smallest absolute Gasteiger partial charge is 0.404 e. The second-order valence-corrected chi connectivity index (χ2v) is 21.8. The molecule has 24 nitrogen and oxygen atoms in total. The van der Waals surface area contributed by atoms with Gasteiger partial charge in [0.1, 0.15) is 23.4 Å². The number of ketones is 4. The maximum absolute atomic E-state index is 13.4. The Morgan fingerprint density at radius 1 is 0.585 bits per heavy atom. The van der Waals surface area contributed by atoms with Crippen LogP contribution in [-0.4, -0.2) is 172 Å². The fourth-order valence-corrected chi connectivity index (χ4v) is 11.1. The number of aliphatic hydroxyl groups is 2. The molecule has 452 valence electrons. The number of aliphatic hydroxyl groups excluding tert-OH is 2. The molecule has 6 aliphatic rings. The van der Waals surface area contributed by atoms with Crippen molar-refractivity contribution in [1.29, 1.82) is 0 Å². The molecule has 0 aromatic heterocycles. The van der Waals surface area contributed by atoms with Gasteiger partial charge in [0.25, 0.3) is 11.8 Å². The highest BCUT2D eigenvalue weighted by Crippen LogP contribution is 2.50. The normalized spacial score (nSPS) is 37.3. The highest BCUT2D eigenvalue weighted by molar-refractivity contribution is 6.24. The maximum Gasteiger partial charge on any atom is 0.404 e. The van der Waals surface area contributed by atoms with E-state index in [2.05, 4.69) is 10.6 Å². The molecule has 0 saturated carbocycles. The molecule has 0 unspecified atom stereocenters. The lowest BCUT2D eigenvalue weighted by Gasteiger charge is -2.31. The third kappa shape index (κ3) is 15.1. The van der Waals surface area contributed by atoms with Crippen LogP contribution in [0.1, 0.15) is 81.1 Å². The summed E-state index contributed by atoms with van der Waals surface area (Å²) in [6.45, 7) is 13.9. The molecule has 4 bridgehead atoms. The van der Waals surface area contributed by atoms with Crippen LogP contribution in [0.4, 0.5) is 9.59 Å². The van der Waals surface area contributed by atoms with Crippen molar-refractivity contribution in [3.05, 3.63) is 93.8 Å². The molecule has 2 saturated heterocycles. The number of hydrogen-bond donors (Lipinski definition) is 6. The fourth-order valence-electron chi connectivity index (χ4n) is 11.1. The monoisotopic (exact) mass is 1150 g/mol. The van der Waals surface area contributed by atoms with E-state index in [0.717, 1.165) is 12.2 Å². The van der Waals surface area contributed by atoms with Crippen molar-refractivity contribution in [2.45, 2.75) is 153 Å². The minimum Gasteiger partial charge on any atom is -0.492 e. The molecule has 2 aliphatic carbocycles. The Morgan fingerprint density at radius 3 is 1.22 bits per heavy atom. The van der Waals surface area contributed by atoms with Crippen LogP contribution >= 0.6 is 0 Å². The largest absolute Gasteiger partial charge is 0.492 e. The Bertz CT molecular complexity index is 2560. The molecule has 4 heterocycles. The molecule has 0 radical (unpaired) electrons. The third-order valence-corrected chi connectivity index (χ3v) is 15.8. The molecule has 2 fully saturated rings. The lowest BCUT2D eigenvalue weighted by molar-refractivity contribution is -0.121. The van der Waals surface area contributed by atoms with Gasteiger partial charge >= 0.3 is 12.2 Å². The van der Waals surface area contributed by atoms with Crippen molar-refractivity contribution in [3.8, 4) is 0 Å². The van der Waals surface area contributed by atoms with Gasteiger partial charge in [-0.1, -0.05) is 64.2 Å². The van der Waals surface area contributed by atoms with Gasteiger partial charge < -0.3 is 79.7 Å². The molecular formula is C58H80N4O20. The lowest BCUT2D eigenvalue weighted by atomic mass is 9.82. The van der Waals surface area contributed by atoms with E-state index >= 15 is 0 Å². The minimum atomic E-state index is -1.04. The van der Waals surface area contributed by atoms with Crippen LogP contribution in [0.3, 0.4) is 0 Å². The van der Waals surface area contributed by atoms with Crippen molar-refractivity contribution in [1.82, 2.24) is 10.6 Å². The zero-order chi connectivity index (χ0) is 61.3. The SMILES string of the molecule is COC1=C2C[C@@H](C)C[C@H](OC)[C@H](O)[C@@H](C)[C@@H]3O[C@@]3(C)[C@H](OC(N)=O)[C@@H](OC)/C=C\C=C(/C)C(=O)NC(=CC1=O)C2=O.COC1=C2C[C@@H](C)C[C@H](OC)[C@H](O)[C@@H](C)[C@@H]3O[C@@]3(C)[C@H](OC(N)=O)[C@@H](OC)/C=C\C=C(/C)C(=O)NC(=CC1=O)C2=O. The molecule has 82 heavy (non-hydrogen) atoms. The molecule has 4 amide bonds. The molecule has 24 heteroatoms. The Labute approximate surface area is 477 Å². The van der Waals surface area contributed by atoms with Crippen LogP contribution in [0.5, 0.6) is 0 Å². The number of carbonyl (C=O) groups is 8. The summed E-state index contributed by atoms with van der Waals surface area (Å²) in [6, 6.07) is 0. The summed E-state index contributed by atoms with van der Waals surface area (Å²) in [4.78, 5) is 102. The number of amides is 4. The van der Waals surface area contributed by atoms with Gasteiger partial charge in [-0.25, -0.2) is 9.59 Å². The number of epoxide rings is 2. The number of hydrogen-bond acceptors (Lipinski definition) is 20. The Kier molecular flexibility index (Phi) is 22.7. The molecule has 16 atom stereocenters. The van der Waals surface area contributed by atoms with Gasteiger partial charge in [0.2, 0.25) is 23.1 Å². The highest BCUT2D eigenvalue weighted by atomic mass is 16.7. The number of Topliss-reactive ketones (excluding diaryl/α,β-unsaturated/α-hetero) is 2. The van der Waals surface area contributed by atoms with Crippen LogP contribution in [-0.2, 0) is 76.1 Å². The molecule has 8 N–H and O–H groups in total. The Balaban J connectivity index is 0.000000301. The van der Waals surface area contributed by atoms with E-state index in [1.165, 1.54) is 80.8 Å². The molecular weight excluding hydrogens is 1070 g/mol. The molecule has 0 aromatic carbocycles. The van der Waals surface area contributed by atoms with E-state index in [-0.39, 0.29) is 69.9 Å². The average molecular weight is 1150 g/mol. The second-order valence-electron chi connectivity index (χ2n) is 21.8. The standard InChI is InChI=1S/2C29H40N2O10/c2*1-14-11-17-23(34)18(13-19(32)24(17)39-7)31-27(35)15(2)9-8-10-20(37-5)26(40-28(30)36)29(4)25(41-29)16(3)22(33)21(12-14)38-6/h2*8-10,13-14,16,20-22,25-26,33H,11-12H2,1-7H3,(H2,30,36)(H,31,35)/b2*10-8-,15-9+/t2*14-,16-,20+,21+,22-,25+,26-,29-/m11/s1. The van der Waals surface area contributed by atoms with Crippen LogP contribution in [0.15, 0.2) is 93.8 Å². The van der Waals surface area contributed by atoms with Gasteiger partial charge in [0.15, 0.2) is 23.7 Å². The molecule has 0 aromatic rings. The minimum absolute atomic E-state index is 0.0860. The number of carbonyl (C=O) groups excluding carboxylic acids is 8. The predicted molar refractivity (Wildman–Crippen MR) is 292 cm³/mol. The summed E-state index contributed by atoms with van der Waals surface area (Å²) >= 11 is 0. The van der Waals surface area contributed by atoms with E-state index in [4.69, 9.17) is 58.8 Å². The average Bonchev–Trinajstić information content (AvgIpc) is 4.41. The zero-order valence-corrected chi connectivity index (χ0v) is 48.9. The summed E-state index contributed by atoms with van der Waals surface area (Å²) in [7, 11) is 8.40. The van der Waals surface area contributed by atoms with Crippen molar-refractivity contribution in [2.75, 3.05) is 42.7 Å². The van der Waals surface area contributed by atoms with Crippen LogP contribution in [0.25, 0.3) is 0 Å². The first-order valence-corrected chi connectivity index (χ1v) is 26.8. The number of primary amides is 2. The van der Waals surface area contributed by atoms with Crippen LogP contribution < -0.4 is 22.1 Å². The molecule has 0 spiro atoms. The van der Waals surface area contributed by atoms with Crippen molar-refractivity contribution in [2.24, 2.45) is 35.1 Å². The summed E-state index contributed by atoms with van der Waals surface area (Å²) in [5, 5.41) is 27.7. The highest BCUT2D eigenvalue weighted by Gasteiger charge is 2.66. The van der Waals surface area contributed by atoms with Gasteiger partial charge in [-0.2, -0.15) is 0 Å². The number of allylic oxidation sites excluding steroid dienone is 8. The first-order chi connectivity index (χ1) is 38.6. The number of nitrogens with one attached hydrogen (secondary N) is 2. The van der Waals surface area contributed by atoms with E-state index in [9.17, 15) is 48.6 Å². The fraction of sp³-hybridized carbons (Fsp3) is 0.586. The van der Waals surface area contributed by atoms with Crippen LogP contribution in [0, 0.1) is 23.7 Å². The first-order valence-electron chi connectivity index (χ1n) is 26.8. The van der Waals surface area contributed by atoms with Gasteiger partial charge in [0, 0.05) is 74.7 Å². The van der Waals surface area contributed by atoms with E-state index in [1.807, 2.05) is 13.8 Å². The Morgan fingerprint density at radius 2 is 0.927 bits per heavy atom. The van der Waals surface area contributed by atoms with Crippen LogP contribution in [0.2, 0.25) is 0 Å². The molecule has 6 rings (SSSR count). The summed E-state index contributed by atoms with van der Waals surface area (Å²) in [5.41, 5.74) is 9.05. The number of methoxy groups -OCH3 is 6. The third-order valence-electron chi connectivity index (χ3n) is 15.8.